The van der Waals surface area contributed by atoms with E-state index in [-0.39, 0.29) is 6.04 Å². The van der Waals surface area contributed by atoms with Gasteiger partial charge in [-0.2, -0.15) is 0 Å². The van der Waals surface area contributed by atoms with Gasteiger partial charge < -0.3 is 5.32 Å². The Morgan fingerprint density at radius 1 is 1.47 bits per heavy atom. The van der Waals surface area contributed by atoms with Crippen LogP contribution in [0.15, 0.2) is 11.4 Å². The van der Waals surface area contributed by atoms with Gasteiger partial charge in [-0.3, -0.25) is 0 Å². The number of rotatable bonds is 5. The molecule has 2 heterocycles. The SMILES string of the molecule is CCCNC(c1sccc1Cl)c1snnc1C. The first-order valence-corrected chi connectivity index (χ1v) is 7.52. The quantitative estimate of drug-likeness (QED) is 0.912. The van der Waals surface area contributed by atoms with Gasteiger partial charge in [-0.1, -0.05) is 23.0 Å². The van der Waals surface area contributed by atoms with Crippen LogP contribution in [0.5, 0.6) is 0 Å². The number of thiophene rings is 1. The molecule has 0 saturated heterocycles. The van der Waals surface area contributed by atoms with E-state index in [1.807, 2.05) is 18.4 Å². The van der Waals surface area contributed by atoms with Crippen molar-refractivity contribution in [3.63, 3.8) is 0 Å². The molecule has 0 spiro atoms. The molecule has 0 aliphatic carbocycles. The highest BCUT2D eigenvalue weighted by Gasteiger charge is 2.22. The Balaban J connectivity index is 2.32. The number of nitrogens with one attached hydrogen (secondary N) is 1. The van der Waals surface area contributed by atoms with Crippen LogP contribution in [0.3, 0.4) is 0 Å². The Morgan fingerprint density at radius 2 is 2.29 bits per heavy atom. The van der Waals surface area contributed by atoms with Gasteiger partial charge in [0.1, 0.15) is 0 Å². The first-order chi connectivity index (χ1) is 8.24. The number of hydrogen-bond donors (Lipinski definition) is 1. The second-order valence-corrected chi connectivity index (χ2v) is 5.88. The maximum Gasteiger partial charge on any atom is 0.0815 e. The first kappa shape index (κ1) is 13.0. The number of aryl methyl sites for hydroxylation is 1. The fraction of sp³-hybridized carbons (Fsp3) is 0.455. The third-order valence-corrected chi connectivity index (χ3v) is 4.77. The molecule has 1 atom stereocenters. The van der Waals surface area contributed by atoms with E-state index in [1.54, 1.807) is 11.3 Å². The Hall–Kier alpha value is -0.490. The fourth-order valence-electron chi connectivity index (χ4n) is 1.61. The van der Waals surface area contributed by atoms with Crippen molar-refractivity contribution in [1.82, 2.24) is 14.9 Å². The van der Waals surface area contributed by atoms with Crippen LogP contribution in [0.1, 0.15) is 34.8 Å². The first-order valence-electron chi connectivity index (χ1n) is 5.49. The molecule has 1 unspecified atom stereocenters. The fourth-order valence-corrected chi connectivity index (χ4v) is 3.66. The lowest BCUT2D eigenvalue weighted by Gasteiger charge is -2.16. The van der Waals surface area contributed by atoms with Crippen LogP contribution in [-0.2, 0) is 0 Å². The van der Waals surface area contributed by atoms with Crippen molar-refractivity contribution < 1.29 is 0 Å². The van der Waals surface area contributed by atoms with Crippen molar-refractivity contribution in [3.05, 3.63) is 31.9 Å². The summed E-state index contributed by atoms with van der Waals surface area (Å²) in [4.78, 5) is 2.30. The zero-order valence-electron chi connectivity index (χ0n) is 9.74. The van der Waals surface area contributed by atoms with Gasteiger partial charge in [0.2, 0.25) is 0 Å². The lowest BCUT2D eigenvalue weighted by molar-refractivity contribution is 0.610. The average molecular weight is 288 g/mol. The molecule has 0 saturated carbocycles. The minimum Gasteiger partial charge on any atom is -0.305 e. The monoisotopic (exact) mass is 287 g/mol. The molecule has 92 valence electrons. The van der Waals surface area contributed by atoms with Gasteiger partial charge in [0, 0.05) is 4.88 Å². The topological polar surface area (TPSA) is 37.8 Å². The molecule has 0 aliphatic heterocycles. The summed E-state index contributed by atoms with van der Waals surface area (Å²) in [6.07, 6.45) is 1.09. The molecule has 0 aromatic carbocycles. The molecule has 0 aliphatic rings. The van der Waals surface area contributed by atoms with E-state index >= 15 is 0 Å². The second kappa shape index (κ2) is 5.91. The molecular weight excluding hydrogens is 274 g/mol. The summed E-state index contributed by atoms with van der Waals surface area (Å²) in [5.74, 6) is 0. The molecule has 2 aromatic rings. The van der Waals surface area contributed by atoms with Gasteiger partial charge in [0.25, 0.3) is 0 Å². The standard InChI is InChI=1S/C11H14ClN3S2/c1-3-5-13-9(10-7(2)14-15-17-10)11-8(12)4-6-16-11/h4,6,9,13H,3,5H2,1-2H3. The maximum absolute atomic E-state index is 6.22. The third-order valence-electron chi connectivity index (χ3n) is 2.45. The van der Waals surface area contributed by atoms with Gasteiger partial charge in [-0.25, -0.2) is 0 Å². The van der Waals surface area contributed by atoms with Gasteiger partial charge in [-0.05, 0) is 42.9 Å². The lowest BCUT2D eigenvalue weighted by Crippen LogP contribution is -2.22. The molecular formula is C11H14ClN3S2. The summed E-state index contributed by atoms with van der Waals surface area (Å²) < 4.78 is 4.00. The number of halogens is 1. The largest absolute Gasteiger partial charge is 0.305 e. The van der Waals surface area contributed by atoms with E-state index < -0.39 is 0 Å². The van der Waals surface area contributed by atoms with Crippen LogP contribution >= 0.6 is 34.5 Å². The van der Waals surface area contributed by atoms with Crippen molar-refractivity contribution in [2.75, 3.05) is 6.54 Å². The molecule has 2 aromatic heterocycles. The van der Waals surface area contributed by atoms with Crippen molar-refractivity contribution in [2.45, 2.75) is 26.3 Å². The van der Waals surface area contributed by atoms with Gasteiger partial charge >= 0.3 is 0 Å². The van der Waals surface area contributed by atoms with E-state index in [2.05, 4.69) is 21.8 Å². The molecule has 0 amide bonds. The normalized spacial score (nSPS) is 12.9. The number of aromatic nitrogens is 2. The Kier molecular flexibility index (Phi) is 4.50. The van der Waals surface area contributed by atoms with Crippen molar-refractivity contribution >= 4 is 34.5 Å². The maximum atomic E-state index is 6.22. The summed E-state index contributed by atoms with van der Waals surface area (Å²) in [7, 11) is 0. The van der Waals surface area contributed by atoms with Gasteiger partial charge in [0.05, 0.1) is 21.6 Å². The zero-order chi connectivity index (χ0) is 12.3. The van der Waals surface area contributed by atoms with Gasteiger partial charge in [-0.15, -0.1) is 16.4 Å². The Bertz CT molecular complexity index is 440. The minimum atomic E-state index is 0.127. The van der Waals surface area contributed by atoms with Crippen LogP contribution in [0.4, 0.5) is 0 Å². The summed E-state index contributed by atoms with van der Waals surface area (Å²) >= 11 is 9.33. The molecule has 6 heteroatoms. The van der Waals surface area contributed by atoms with Crippen molar-refractivity contribution in [1.29, 1.82) is 0 Å². The molecule has 0 bridgehead atoms. The average Bonchev–Trinajstić information content (AvgIpc) is 2.90. The minimum absolute atomic E-state index is 0.127. The summed E-state index contributed by atoms with van der Waals surface area (Å²) in [5.41, 5.74) is 0.980. The van der Waals surface area contributed by atoms with Crippen molar-refractivity contribution in [3.8, 4) is 0 Å². The summed E-state index contributed by atoms with van der Waals surface area (Å²) in [5, 5.41) is 10.4. The highest BCUT2D eigenvalue weighted by Crippen LogP contribution is 2.35. The summed E-state index contributed by atoms with van der Waals surface area (Å²) in [6.45, 7) is 5.09. The zero-order valence-corrected chi connectivity index (χ0v) is 12.1. The molecule has 0 radical (unpaired) electrons. The second-order valence-electron chi connectivity index (χ2n) is 3.74. The number of hydrogen-bond acceptors (Lipinski definition) is 5. The van der Waals surface area contributed by atoms with Crippen LogP contribution in [0, 0.1) is 6.92 Å². The van der Waals surface area contributed by atoms with E-state index in [0.717, 1.165) is 33.4 Å². The lowest BCUT2D eigenvalue weighted by atomic mass is 10.1. The van der Waals surface area contributed by atoms with E-state index in [4.69, 9.17) is 11.6 Å². The molecule has 0 fully saturated rings. The predicted octanol–water partition coefficient (Wildman–Crippen LogP) is 3.65. The van der Waals surface area contributed by atoms with E-state index in [1.165, 1.54) is 11.5 Å². The molecule has 1 N–H and O–H groups in total. The van der Waals surface area contributed by atoms with Gasteiger partial charge in [0.15, 0.2) is 0 Å². The third kappa shape index (κ3) is 2.85. The number of nitrogens with zero attached hydrogens (tertiary/aromatic N) is 2. The molecule has 2 rings (SSSR count). The smallest absolute Gasteiger partial charge is 0.0815 e. The highest BCUT2D eigenvalue weighted by atomic mass is 35.5. The molecule has 3 nitrogen and oxygen atoms in total. The summed E-state index contributed by atoms with van der Waals surface area (Å²) in [6, 6.07) is 2.06. The van der Waals surface area contributed by atoms with Crippen LogP contribution < -0.4 is 5.32 Å². The van der Waals surface area contributed by atoms with Crippen LogP contribution in [-0.4, -0.2) is 16.1 Å². The van der Waals surface area contributed by atoms with Crippen LogP contribution in [0.25, 0.3) is 0 Å². The van der Waals surface area contributed by atoms with E-state index in [0.29, 0.717) is 0 Å². The Labute approximate surface area is 114 Å². The van der Waals surface area contributed by atoms with Crippen LogP contribution in [0.2, 0.25) is 5.02 Å². The van der Waals surface area contributed by atoms with Crippen molar-refractivity contribution in [2.24, 2.45) is 0 Å². The predicted molar refractivity (Wildman–Crippen MR) is 74.1 cm³/mol. The Morgan fingerprint density at radius 3 is 2.82 bits per heavy atom. The van der Waals surface area contributed by atoms with E-state index in [9.17, 15) is 0 Å². The molecule has 17 heavy (non-hydrogen) atoms. The highest BCUT2D eigenvalue weighted by molar-refractivity contribution is 7.11.